The molecular formula is C34H30F5N7O. The molecule has 0 aliphatic carbocycles. The highest BCUT2D eigenvalue weighted by atomic mass is 19.4. The van der Waals surface area contributed by atoms with Crippen molar-refractivity contribution >= 4 is 28.6 Å². The van der Waals surface area contributed by atoms with Crippen molar-refractivity contribution in [2.75, 3.05) is 23.7 Å². The zero-order valence-electron chi connectivity index (χ0n) is 25.5. The molecule has 2 N–H and O–H groups in total. The molecule has 3 aromatic heterocycles. The lowest BCUT2D eigenvalue weighted by molar-refractivity contribution is -0.138. The minimum atomic E-state index is -4.70. The molecule has 1 saturated heterocycles. The van der Waals surface area contributed by atoms with E-state index in [4.69, 9.17) is 0 Å². The van der Waals surface area contributed by atoms with Crippen LogP contribution in [-0.2, 0) is 19.8 Å². The molecule has 2 aromatic carbocycles. The number of benzene rings is 2. The molecule has 0 radical (unpaired) electrons. The van der Waals surface area contributed by atoms with Gasteiger partial charge in [-0.25, -0.2) is 13.8 Å². The minimum absolute atomic E-state index is 0.00308. The summed E-state index contributed by atoms with van der Waals surface area (Å²) in [7, 11) is 1.82. The first-order chi connectivity index (χ1) is 22.3. The average molecular weight is 648 g/mol. The lowest BCUT2D eigenvalue weighted by Gasteiger charge is -2.32. The smallest absolute Gasteiger partial charge is 0.350 e. The number of alkyl halides is 5. The summed E-state index contributed by atoms with van der Waals surface area (Å²) in [5, 5.41) is 10.0. The molecule has 8 nitrogen and oxygen atoms in total. The fourth-order valence-electron chi connectivity index (χ4n) is 5.41. The van der Waals surface area contributed by atoms with E-state index in [1.54, 1.807) is 40.2 Å². The summed E-state index contributed by atoms with van der Waals surface area (Å²) in [5.41, 5.74) is 3.43. The highest BCUT2D eigenvalue weighted by molar-refractivity contribution is 6.04. The van der Waals surface area contributed by atoms with Gasteiger partial charge in [0.05, 0.1) is 29.3 Å². The number of aryl methyl sites for hydroxylation is 2. The van der Waals surface area contributed by atoms with Gasteiger partial charge < -0.3 is 10.6 Å². The van der Waals surface area contributed by atoms with Gasteiger partial charge in [-0.1, -0.05) is 18.1 Å². The third-order valence-electron chi connectivity index (χ3n) is 8.00. The molecule has 4 heterocycles. The third kappa shape index (κ3) is 7.28. The predicted molar refractivity (Wildman–Crippen MR) is 168 cm³/mol. The average Bonchev–Trinajstić information content (AvgIpc) is 3.64. The zero-order valence-corrected chi connectivity index (χ0v) is 25.5. The second-order valence-corrected chi connectivity index (χ2v) is 11.5. The lowest BCUT2D eigenvalue weighted by atomic mass is 10.0. The van der Waals surface area contributed by atoms with Crippen molar-refractivity contribution in [3.63, 3.8) is 0 Å². The van der Waals surface area contributed by atoms with E-state index in [0.29, 0.717) is 16.9 Å². The van der Waals surface area contributed by atoms with Crippen molar-refractivity contribution in [1.29, 1.82) is 0 Å². The maximum atomic E-state index is 14.0. The molecule has 47 heavy (non-hydrogen) atoms. The Hall–Kier alpha value is -5.22. The van der Waals surface area contributed by atoms with E-state index in [-0.39, 0.29) is 36.4 Å². The molecular weight excluding hydrogens is 617 g/mol. The van der Waals surface area contributed by atoms with Crippen LogP contribution in [0.15, 0.2) is 73.3 Å². The maximum absolute atomic E-state index is 14.0. The number of aromatic nitrogens is 4. The summed E-state index contributed by atoms with van der Waals surface area (Å²) < 4.78 is 72.6. The maximum Gasteiger partial charge on any atom is 0.416 e. The number of likely N-dealkylation sites (tertiary alicyclic amines) is 1. The van der Waals surface area contributed by atoms with E-state index in [2.05, 4.69) is 32.6 Å². The van der Waals surface area contributed by atoms with Crippen molar-refractivity contribution in [2.24, 2.45) is 7.05 Å². The summed E-state index contributed by atoms with van der Waals surface area (Å²) in [4.78, 5) is 19.2. The normalized spacial score (nSPS) is 14.9. The van der Waals surface area contributed by atoms with Crippen molar-refractivity contribution in [1.82, 2.24) is 24.1 Å². The minimum Gasteiger partial charge on any atom is -0.350 e. The van der Waals surface area contributed by atoms with Gasteiger partial charge in [0.25, 0.3) is 11.8 Å². The monoisotopic (exact) mass is 647 g/mol. The number of imidazole rings is 1. The van der Waals surface area contributed by atoms with Gasteiger partial charge in [0, 0.05) is 68.7 Å². The first kappa shape index (κ1) is 31.7. The largest absolute Gasteiger partial charge is 0.416 e. The van der Waals surface area contributed by atoms with Crippen molar-refractivity contribution in [3.8, 4) is 11.8 Å². The van der Waals surface area contributed by atoms with Crippen molar-refractivity contribution in [2.45, 2.75) is 38.4 Å². The summed E-state index contributed by atoms with van der Waals surface area (Å²) in [5.74, 6) is 2.80. The van der Waals surface area contributed by atoms with Crippen LogP contribution in [-0.4, -0.2) is 49.0 Å². The van der Waals surface area contributed by atoms with Crippen LogP contribution in [0.3, 0.4) is 0 Å². The van der Waals surface area contributed by atoms with E-state index in [9.17, 15) is 26.7 Å². The number of carbonyl (C=O) groups is 1. The van der Waals surface area contributed by atoms with E-state index in [0.717, 1.165) is 23.0 Å². The summed E-state index contributed by atoms with van der Waals surface area (Å²) in [6, 6.07) is 12.2. The fraction of sp³-hybridized carbons (Fsp3) is 0.265. The van der Waals surface area contributed by atoms with Crippen molar-refractivity contribution < 1.29 is 26.7 Å². The number of pyridine rings is 1. The second kappa shape index (κ2) is 12.5. The van der Waals surface area contributed by atoms with Crippen LogP contribution in [0.2, 0.25) is 0 Å². The number of nitrogens with zero attached hydrogens (tertiary/aromatic N) is 5. The van der Waals surface area contributed by atoms with Gasteiger partial charge in [-0.05, 0) is 60.4 Å². The molecule has 13 heteroatoms. The highest BCUT2D eigenvalue weighted by Gasteiger charge is 2.37. The summed E-state index contributed by atoms with van der Waals surface area (Å²) in [6.45, 7) is 1.73. The number of nitrogens with one attached hydrogen (secondary N) is 2. The van der Waals surface area contributed by atoms with Gasteiger partial charge in [-0.15, -0.1) is 0 Å². The van der Waals surface area contributed by atoms with Crippen LogP contribution >= 0.6 is 0 Å². The Morgan fingerprint density at radius 3 is 2.53 bits per heavy atom. The van der Waals surface area contributed by atoms with Crippen LogP contribution in [0.1, 0.15) is 51.1 Å². The van der Waals surface area contributed by atoms with Gasteiger partial charge in [0.2, 0.25) is 0 Å². The molecule has 0 spiro atoms. The molecule has 242 valence electrons. The van der Waals surface area contributed by atoms with Gasteiger partial charge in [-0.2, -0.15) is 18.3 Å². The number of anilines is 3. The number of fused-ring (bicyclic) bond motifs is 1. The van der Waals surface area contributed by atoms with E-state index < -0.39 is 36.4 Å². The second-order valence-electron chi connectivity index (χ2n) is 11.5. The Morgan fingerprint density at radius 2 is 1.81 bits per heavy atom. The fourth-order valence-corrected chi connectivity index (χ4v) is 5.41. The van der Waals surface area contributed by atoms with Gasteiger partial charge in [-0.3, -0.25) is 18.8 Å². The van der Waals surface area contributed by atoms with Crippen LogP contribution in [0, 0.1) is 18.8 Å². The van der Waals surface area contributed by atoms with Crippen LogP contribution in [0.5, 0.6) is 0 Å². The molecule has 0 atom stereocenters. The van der Waals surface area contributed by atoms with E-state index in [1.165, 1.54) is 12.1 Å². The van der Waals surface area contributed by atoms with E-state index in [1.807, 2.05) is 42.9 Å². The number of hydrogen-bond acceptors (Lipinski definition) is 5. The molecule has 0 bridgehead atoms. The number of halogens is 5. The van der Waals surface area contributed by atoms with Crippen LogP contribution in [0.25, 0.3) is 5.65 Å². The standard InChI is InChI=1S/C34H30F5N7O/c1-22-5-6-24(16-23(22)8-10-28-19-40-31-30(4-3-13-46(28)31)42-27-18-41-44(2)21-27)32(47)43-26-9-7-25(29(17-26)34(37,38)39)20-45-14-11-33(35,36)12-15-45/h3-7,9,13,16-19,21,42H,11-12,14-15,20H2,1-2H3,(H,43,47). The Labute approximate surface area is 267 Å². The third-order valence-corrected chi connectivity index (χ3v) is 8.00. The number of piperidine rings is 1. The van der Waals surface area contributed by atoms with Crippen molar-refractivity contribution in [3.05, 3.63) is 107 Å². The number of carbonyl (C=O) groups excluding carboxylic acids is 1. The Balaban J connectivity index is 1.19. The molecule has 1 amide bonds. The Kier molecular flexibility index (Phi) is 8.46. The molecule has 1 aliphatic heterocycles. The number of amides is 1. The molecule has 5 aromatic rings. The molecule has 1 fully saturated rings. The summed E-state index contributed by atoms with van der Waals surface area (Å²) in [6.07, 6.45) is 1.54. The Bertz CT molecular complexity index is 2010. The number of rotatable bonds is 6. The SMILES string of the molecule is Cc1ccc(C(=O)Nc2ccc(CN3CCC(F)(F)CC3)c(C(F)(F)F)c2)cc1C#Cc1cnc2c(Nc3cnn(C)c3)cccn12. The lowest BCUT2D eigenvalue weighted by Crippen LogP contribution is -2.39. The summed E-state index contributed by atoms with van der Waals surface area (Å²) >= 11 is 0. The molecule has 6 rings (SSSR count). The van der Waals surface area contributed by atoms with Gasteiger partial charge in [0.15, 0.2) is 5.65 Å². The zero-order chi connectivity index (χ0) is 33.3. The predicted octanol–water partition coefficient (Wildman–Crippen LogP) is 7.02. The van der Waals surface area contributed by atoms with Crippen LogP contribution < -0.4 is 10.6 Å². The molecule has 0 unspecified atom stereocenters. The highest BCUT2D eigenvalue weighted by Crippen LogP contribution is 2.36. The molecule has 0 saturated carbocycles. The topological polar surface area (TPSA) is 79.5 Å². The molecule has 1 aliphatic rings. The van der Waals surface area contributed by atoms with Crippen LogP contribution in [0.4, 0.5) is 39.0 Å². The van der Waals surface area contributed by atoms with E-state index >= 15 is 0 Å². The number of hydrogen-bond donors (Lipinski definition) is 2. The van der Waals surface area contributed by atoms with Gasteiger partial charge in [0.1, 0.15) is 5.69 Å². The Morgan fingerprint density at radius 1 is 1.02 bits per heavy atom. The quantitative estimate of drug-likeness (QED) is 0.153. The van der Waals surface area contributed by atoms with Gasteiger partial charge >= 0.3 is 6.18 Å². The first-order valence-corrected chi connectivity index (χ1v) is 14.8. The first-order valence-electron chi connectivity index (χ1n) is 14.8.